The van der Waals surface area contributed by atoms with Gasteiger partial charge in [-0.25, -0.2) is 14.8 Å². The van der Waals surface area contributed by atoms with Crippen LogP contribution in [0.25, 0.3) is 6.08 Å². The van der Waals surface area contributed by atoms with Gasteiger partial charge in [-0.1, -0.05) is 23.8 Å². The zero-order valence-electron chi connectivity index (χ0n) is 12.9. The lowest BCUT2D eigenvalue weighted by atomic mass is 10.0. The van der Waals surface area contributed by atoms with Crippen LogP contribution in [-0.2, 0) is 0 Å². The molecule has 1 aliphatic heterocycles. The topological polar surface area (TPSA) is 75.5 Å². The second-order valence-corrected chi connectivity index (χ2v) is 6.35. The summed E-state index contributed by atoms with van der Waals surface area (Å²) in [5, 5.41) is 8.98. The Labute approximate surface area is 147 Å². The van der Waals surface area contributed by atoms with Crippen LogP contribution in [0.4, 0.5) is 4.79 Å². The Morgan fingerprint density at radius 2 is 1.96 bits per heavy atom. The van der Waals surface area contributed by atoms with Gasteiger partial charge in [0.05, 0.1) is 4.47 Å². The van der Waals surface area contributed by atoms with E-state index in [2.05, 4.69) is 32.0 Å². The Hall–Kier alpha value is -2.41. The van der Waals surface area contributed by atoms with E-state index in [9.17, 15) is 4.79 Å². The van der Waals surface area contributed by atoms with Crippen LogP contribution in [0.1, 0.15) is 18.4 Å². The van der Waals surface area contributed by atoms with Crippen LogP contribution in [-0.4, -0.2) is 39.2 Å². The fourth-order valence-corrected chi connectivity index (χ4v) is 2.70. The van der Waals surface area contributed by atoms with Crippen LogP contribution in [0, 0.1) is 0 Å². The largest absolute Gasteiger partial charge is 0.465 e. The number of amides is 1. The van der Waals surface area contributed by atoms with Crippen molar-refractivity contribution in [2.45, 2.75) is 12.8 Å². The van der Waals surface area contributed by atoms with Gasteiger partial charge in [0.15, 0.2) is 0 Å². The van der Waals surface area contributed by atoms with Crippen LogP contribution < -0.4 is 4.74 Å². The molecule has 1 fully saturated rings. The van der Waals surface area contributed by atoms with Crippen LogP contribution >= 0.6 is 15.9 Å². The Morgan fingerprint density at radius 3 is 2.62 bits per heavy atom. The van der Waals surface area contributed by atoms with E-state index in [4.69, 9.17) is 9.84 Å². The van der Waals surface area contributed by atoms with Gasteiger partial charge >= 0.3 is 12.1 Å². The van der Waals surface area contributed by atoms with Gasteiger partial charge in [-0.05, 0) is 46.5 Å². The number of ether oxygens (including phenoxy) is 1. The van der Waals surface area contributed by atoms with E-state index in [1.54, 1.807) is 12.4 Å². The molecular formula is C17H16BrN3O3. The van der Waals surface area contributed by atoms with Gasteiger partial charge in [-0.15, -0.1) is 0 Å². The molecule has 0 aliphatic carbocycles. The summed E-state index contributed by atoms with van der Waals surface area (Å²) >= 11 is 3.28. The number of carboxylic acid groups (broad SMARTS) is 1. The standard InChI is InChI=1S/C17H16BrN3O3/c18-14-10-19-16(20-11-14)24-15-3-1-2-13(9-15)8-12-4-6-21(7-5-12)17(22)23/h1-3,8-11H,4-7H2,(H,22,23). The third kappa shape index (κ3) is 4.32. The average molecular weight is 390 g/mol. The van der Waals surface area contributed by atoms with Crippen LogP contribution in [0.3, 0.4) is 0 Å². The molecule has 3 rings (SSSR count). The predicted octanol–water partition coefficient (Wildman–Crippen LogP) is 4.19. The van der Waals surface area contributed by atoms with E-state index in [0.29, 0.717) is 18.8 Å². The average Bonchev–Trinajstić information content (AvgIpc) is 2.58. The summed E-state index contributed by atoms with van der Waals surface area (Å²) in [6.45, 7) is 1.09. The number of hydrogen-bond acceptors (Lipinski definition) is 4. The van der Waals surface area contributed by atoms with Gasteiger partial charge in [0, 0.05) is 25.5 Å². The van der Waals surface area contributed by atoms with Crippen molar-refractivity contribution in [1.29, 1.82) is 0 Å². The molecule has 0 radical (unpaired) electrons. The maximum Gasteiger partial charge on any atom is 0.407 e. The number of aromatic nitrogens is 2. The first-order valence-electron chi connectivity index (χ1n) is 7.53. The third-order valence-electron chi connectivity index (χ3n) is 3.71. The first kappa shape index (κ1) is 16.4. The monoisotopic (exact) mass is 389 g/mol. The van der Waals surface area contributed by atoms with E-state index in [0.717, 1.165) is 22.9 Å². The van der Waals surface area contributed by atoms with Crippen LogP contribution in [0.15, 0.2) is 46.7 Å². The molecular weight excluding hydrogens is 374 g/mol. The molecule has 0 atom stereocenters. The summed E-state index contributed by atoms with van der Waals surface area (Å²) < 4.78 is 6.45. The van der Waals surface area contributed by atoms with Crippen molar-refractivity contribution in [3.05, 3.63) is 52.3 Å². The Kier molecular flexibility index (Phi) is 5.10. The predicted molar refractivity (Wildman–Crippen MR) is 93.1 cm³/mol. The van der Waals surface area contributed by atoms with E-state index < -0.39 is 6.09 Å². The van der Waals surface area contributed by atoms with Gasteiger partial charge in [-0.2, -0.15) is 0 Å². The van der Waals surface area contributed by atoms with Crippen LogP contribution in [0.2, 0.25) is 0 Å². The maximum absolute atomic E-state index is 10.9. The number of nitrogens with zero attached hydrogens (tertiary/aromatic N) is 3. The molecule has 2 aromatic rings. The van der Waals surface area contributed by atoms with E-state index in [1.165, 1.54) is 10.5 Å². The summed E-state index contributed by atoms with van der Waals surface area (Å²) in [6.07, 6.45) is 6.02. The molecule has 1 saturated heterocycles. The third-order valence-corrected chi connectivity index (χ3v) is 4.12. The number of piperidine rings is 1. The molecule has 0 unspecified atom stereocenters. The normalized spacial score (nSPS) is 14.4. The first-order valence-corrected chi connectivity index (χ1v) is 8.32. The molecule has 1 aromatic carbocycles. The summed E-state index contributed by atoms with van der Waals surface area (Å²) in [7, 11) is 0. The smallest absolute Gasteiger partial charge is 0.407 e. The highest BCUT2D eigenvalue weighted by Crippen LogP contribution is 2.24. The van der Waals surface area contributed by atoms with Crippen molar-refractivity contribution in [2.24, 2.45) is 0 Å². The second-order valence-electron chi connectivity index (χ2n) is 5.43. The number of hydrogen-bond donors (Lipinski definition) is 1. The van der Waals surface area contributed by atoms with Gasteiger partial charge in [-0.3, -0.25) is 0 Å². The molecule has 1 N–H and O–H groups in total. The number of carbonyl (C=O) groups is 1. The summed E-state index contributed by atoms with van der Waals surface area (Å²) in [4.78, 5) is 20.6. The molecule has 6 nitrogen and oxygen atoms in total. The van der Waals surface area contributed by atoms with Gasteiger partial charge in [0.2, 0.25) is 0 Å². The van der Waals surface area contributed by atoms with Gasteiger partial charge in [0.1, 0.15) is 5.75 Å². The number of rotatable bonds is 3. The van der Waals surface area contributed by atoms with Crippen molar-refractivity contribution in [1.82, 2.24) is 14.9 Å². The molecule has 0 spiro atoms. The number of likely N-dealkylation sites (tertiary alicyclic amines) is 1. The minimum absolute atomic E-state index is 0.290. The second kappa shape index (κ2) is 7.44. The molecule has 0 saturated carbocycles. The molecule has 2 heterocycles. The van der Waals surface area contributed by atoms with Gasteiger partial charge in [0.25, 0.3) is 0 Å². The van der Waals surface area contributed by atoms with Crippen molar-refractivity contribution in [3.8, 4) is 11.8 Å². The zero-order chi connectivity index (χ0) is 16.9. The number of halogens is 1. The molecule has 1 aromatic heterocycles. The van der Waals surface area contributed by atoms with E-state index >= 15 is 0 Å². The fourth-order valence-electron chi connectivity index (χ4n) is 2.49. The Morgan fingerprint density at radius 1 is 1.25 bits per heavy atom. The zero-order valence-corrected chi connectivity index (χ0v) is 14.4. The van der Waals surface area contributed by atoms with Crippen LogP contribution in [0.5, 0.6) is 11.8 Å². The minimum Gasteiger partial charge on any atom is -0.465 e. The lowest BCUT2D eigenvalue weighted by Gasteiger charge is -2.25. The quantitative estimate of drug-likeness (QED) is 0.851. The number of benzene rings is 1. The highest BCUT2D eigenvalue weighted by Gasteiger charge is 2.17. The van der Waals surface area contributed by atoms with Crippen molar-refractivity contribution >= 4 is 28.1 Å². The Balaban J connectivity index is 1.68. The van der Waals surface area contributed by atoms with Crippen molar-refractivity contribution in [2.75, 3.05) is 13.1 Å². The fraction of sp³-hybridized carbons (Fsp3) is 0.235. The summed E-state index contributed by atoms with van der Waals surface area (Å²) in [6, 6.07) is 7.96. The van der Waals surface area contributed by atoms with Crippen molar-refractivity contribution < 1.29 is 14.6 Å². The SMILES string of the molecule is O=C(O)N1CCC(=Cc2cccc(Oc3ncc(Br)cn3)c2)CC1. The first-order chi connectivity index (χ1) is 11.6. The molecule has 1 amide bonds. The lowest BCUT2D eigenvalue weighted by molar-refractivity contribution is 0.142. The molecule has 124 valence electrons. The molecule has 7 heteroatoms. The van der Waals surface area contributed by atoms with E-state index in [1.807, 2.05) is 24.3 Å². The summed E-state index contributed by atoms with van der Waals surface area (Å²) in [5.74, 6) is 0.662. The lowest BCUT2D eigenvalue weighted by Crippen LogP contribution is -2.35. The summed E-state index contributed by atoms with van der Waals surface area (Å²) in [5.41, 5.74) is 2.26. The molecule has 24 heavy (non-hydrogen) atoms. The highest BCUT2D eigenvalue weighted by atomic mass is 79.9. The maximum atomic E-state index is 10.9. The Bertz CT molecular complexity index is 752. The highest BCUT2D eigenvalue weighted by molar-refractivity contribution is 9.10. The van der Waals surface area contributed by atoms with E-state index in [-0.39, 0.29) is 6.01 Å². The van der Waals surface area contributed by atoms with Crippen molar-refractivity contribution in [3.63, 3.8) is 0 Å². The molecule has 1 aliphatic rings. The molecule has 0 bridgehead atoms. The minimum atomic E-state index is -0.848. The van der Waals surface area contributed by atoms with Gasteiger partial charge < -0.3 is 14.7 Å².